The summed E-state index contributed by atoms with van der Waals surface area (Å²) in [6.45, 7) is 6.97. The van der Waals surface area contributed by atoms with Gasteiger partial charge in [0.1, 0.15) is 0 Å². The molecule has 3 fully saturated rings. The second-order valence-corrected chi connectivity index (χ2v) is 4.88. The highest BCUT2D eigenvalue weighted by Gasteiger charge is 2.54. The summed E-state index contributed by atoms with van der Waals surface area (Å²) >= 11 is 0. The number of nitrogens with one attached hydrogen (secondary N) is 1. The van der Waals surface area contributed by atoms with Crippen LogP contribution >= 0.6 is 0 Å². The standard InChI is InChI=1S/C10H17N/c1-6-8-4-7(5-9(6)11)10(8,2)3/h6-8,11H,4-5H2,1-3H3. The number of hydrogen-bond acceptors (Lipinski definition) is 1. The van der Waals surface area contributed by atoms with Crippen LogP contribution in [0.2, 0.25) is 0 Å². The summed E-state index contributed by atoms with van der Waals surface area (Å²) in [6.07, 6.45) is 2.46. The van der Waals surface area contributed by atoms with Crippen LogP contribution in [0.25, 0.3) is 0 Å². The lowest BCUT2D eigenvalue weighted by Gasteiger charge is -2.59. The Bertz CT molecular complexity index is 205. The van der Waals surface area contributed by atoms with Gasteiger partial charge in [-0.05, 0) is 36.0 Å². The van der Waals surface area contributed by atoms with E-state index in [-0.39, 0.29) is 0 Å². The zero-order valence-corrected chi connectivity index (χ0v) is 7.65. The Balaban J connectivity index is 2.23. The van der Waals surface area contributed by atoms with Gasteiger partial charge in [-0.1, -0.05) is 20.8 Å². The molecule has 0 amide bonds. The third kappa shape index (κ3) is 0.743. The first-order valence-electron chi connectivity index (χ1n) is 4.61. The quantitative estimate of drug-likeness (QED) is 0.550. The third-order valence-corrected chi connectivity index (χ3v) is 4.17. The van der Waals surface area contributed by atoms with Crippen molar-refractivity contribution in [1.29, 1.82) is 5.41 Å². The van der Waals surface area contributed by atoms with E-state index in [1.54, 1.807) is 0 Å². The highest BCUT2D eigenvalue weighted by Crippen LogP contribution is 2.60. The lowest BCUT2D eigenvalue weighted by atomic mass is 9.45. The van der Waals surface area contributed by atoms with Crippen LogP contribution in [0.4, 0.5) is 0 Å². The van der Waals surface area contributed by atoms with Crippen molar-refractivity contribution in [2.75, 3.05) is 0 Å². The molecule has 0 aromatic carbocycles. The maximum Gasteiger partial charge on any atom is 0.0123 e. The van der Waals surface area contributed by atoms with Crippen LogP contribution in [0, 0.1) is 28.6 Å². The van der Waals surface area contributed by atoms with E-state index in [0.717, 1.165) is 24.0 Å². The molecule has 11 heavy (non-hydrogen) atoms. The molecule has 0 radical (unpaired) electrons. The molecule has 3 saturated carbocycles. The van der Waals surface area contributed by atoms with Crippen molar-refractivity contribution in [3.05, 3.63) is 0 Å². The molecular weight excluding hydrogens is 134 g/mol. The Kier molecular flexibility index (Phi) is 1.25. The highest BCUT2D eigenvalue weighted by atomic mass is 14.6. The lowest BCUT2D eigenvalue weighted by Crippen LogP contribution is -2.55. The van der Waals surface area contributed by atoms with Gasteiger partial charge in [0, 0.05) is 5.71 Å². The zero-order valence-electron chi connectivity index (χ0n) is 7.65. The van der Waals surface area contributed by atoms with E-state index < -0.39 is 0 Å². The first-order chi connectivity index (χ1) is 5.03. The number of rotatable bonds is 0. The normalized spacial score (nSPS) is 46.8. The SMILES string of the molecule is CC1C(=N)CC2CC1C2(C)C. The molecule has 1 N–H and O–H groups in total. The molecule has 3 aliphatic carbocycles. The maximum absolute atomic E-state index is 7.73. The summed E-state index contributed by atoms with van der Waals surface area (Å²) in [4.78, 5) is 0. The second kappa shape index (κ2) is 1.88. The van der Waals surface area contributed by atoms with Gasteiger partial charge >= 0.3 is 0 Å². The summed E-state index contributed by atoms with van der Waals surface area (Å²) in [6, 6.07) is 0. The van der Waals surface area contributed by atoms with Gasteiger partial charge in [-0.2, -0.15) is 0 Å². The van der Waals surface area contributed by atoms with Crippen molar-refractivity contribution in [2.24, 2.45) is 23.2 Å². The highest BCUT2D eigenvalue weighted by molar-refractivity contribution is 5.86. The molecule has 0 heterocycles. The largest absolute Gasteiger partial charge is 0.309 e. The van der Waals surface area contributed by atoms with Gasteiger partial charge in [-0.3, -0.25) is 0 Å². The van der Waals surface area contributed by atoms with Crippen molar-refractivity contribution < 1.29 is 0 Å². The van der Waals surface area contributed by atoms with Crippen molar-refractivity contribution in [3.8, 4) is 0 Å². The average Bonchev–Trinajstić information content (AvgIpc) is 1.93. The van der Waals surface area contributed by atoms with Gasteiger partial charge in [0.25, 0.3) is 0 Å². The van der Waals surface area contributed by atoms with Crippen molar-refractivity contribution >= 4 is 5.71 Å². The van der Waals surface area contributed by atoms with E-state index in [4.69, 9.17) is 5.41 Å². The van der Waals surface area contributed by atoms with Gasteiger partial charge in [-0.25, -0.2) is 0 Å². The molecule has 3 aliphatic rings. The maximum atomic E-state index is 7.73. The summed E-state index contributed by atoms with van der Waals surface area (Å²) in [5.74, 6) is 2.21. The smallest absolute Gasteiger partial charge is 0.0123 e. The van der Waals surface area contributed by atoms with Crippen molar-refractivity contribution in [2.45, 2.75) is 33.6 Å². The Morgan fingerprint density at radius 3 is 2.45 bits per heavy atom. The fourth-order valence-corrected chi connectivity index (χ4v) is 2.95. The van der Waals surface area contributed by atoms with Crippen LogP contribution in [0.1, 0.15) is 33.6 Å². The summed E-state index contributed by atoms with van der Waals surface area (Å²) in [7, 11) is 0. The molecule has 0 saturated heterocycles. The van der Waals surface area contributed by atoms with E-state index in [9.17, 15) is 0 Å². The number of fused-ring (bicyclic) bond motifs is 2. The van der Waals surface area contributed by atoms with E-state index in [0.29, 0.717) is 11.3 Å². The van der Waals surface area contributed by atoms with Gasteiger partial charge in [-0.15, -0.1) is 0 Å². The van der Waals surface area contributed by atoms with E-state index in [2.05, 4.69) is 20.8 Å². The molecule has 1 nitrogen and oxygen atoms in total. The molecule has 2 bridgehead atoms. The molecular formula is C10H17N. The fraction of sp³-hybridized carbons (Fsp3) is 0.900. The molecule has 3 atom stereocenters. The lowest BCUT2D eigenvalue weighted by molar-refractivity contribution is -0.0524. The molecule has 1 heteroatoms. The summed E-state index contributed by atoms with van der Waals surface area (Å²) < 4.78 is 0. The molecule has 3 rings (SSSR count). The van der Waals surface area contributed by atoms with Gasteiger partial charge in [0.05, 0.1) is 0 Å². The van der Waals surface area contributed by atoms with Gasteiger partial charge in [0.15, 0.2) is 0 Å². The Hall–Kier alpha value is -0.330. The Morgan fingerprint density at radius 2 is 2.09 bits per heavy atom. The molecule has 3 unspecified atom stereocenters. The third-order valence-electron chi connectivity index (χ3n) is 4.17. The van der Waals surface area contributed by atoms with Crippen LogP contribution in [0.15, 0.2) is 0 Å². The van der Waals surface area contributed by atoms with Crippen LogP contribution < -0.4 is 0 Å². The van der Waals surface area contributed by atoms with E-state index >= 15 is 0 Å². The van der Waals surface area contributed by atoms with E-state index in [1.807, 2.05) is 0 Å². The molecule has 62 valence electrons. The summed E-state index contributed by atoms with van der Waals surface area (Å²) in [5, 5.41) is 7.73. The predicted molar refractivity (Wildman–Crippen MR) is 46.9 cm³/mol. The van der Waals surface area contributed by atoms with Crippen molar-refractivity contribution in [1.82, 2.24) is 0 Å². The zero-order chi connectivity index (χ0) is 8.22. The first kappa shape index (κ1) is 7.33. The van der Waals surface area contributed by atoms with Crippen LogP contribution in [-0.2, 0) is 0 Å². The first-order valence-corrected chi connectivity index (χ1v) is 4.61. The predicted octanol–water partition coefficient (Wildman–Crippen LogP) is 2.71. The summed E-state index contributed by atoms with van der Waals surface area (Å²) in [5.41, 5.74) is 1.55. The topological polar surface area (TPSA) is 23.9 Å². The van der Waals surface area contributed by atoms with Crippen LogP contribution in [0.3, 0.4) is 0 Å². The van der Waals surface area contributed by atoms with E-state index in [1.165, 1.54) is 6.42 Å². The van der Waals surface area contributed by atoms with Crippen LogP contribution in [0.5, 0.6) is 0 Å². The van der Waals surface area contributed by atoms with Gasteiger partial charge in [0.2, 0.25) is 0 Å². The van der Waals surface area contributed by atoms with Crippen LogP contribution in [-0.4, -0.2) is 5.71 Å². The fourth-order valence-electron chi connectivity index (χ4n) is 2.95. The van der Waals surface area contributed by atoms with Crippen molar-refractivity contribution in [3.63, 3.8) is 0 Å². The second-order valence-electron chi connectivity index (χ2n) is 4.88. The molecule has 0 aliphatic heterocycles. The molecule has 0 aromatic rings. The van der Waals surface area contributed by atoms with Gasteiger partial charge < -0.3 is 5.41 Å². The Morgan fingerprint density at radius 1 is 1.45 bits per heavy atom. The minimum absolute atomic E-state index is 0.546. The number of hydrogen-bond donors (Lipinski definition) is 1. The molecule has 0 aromatic heterocycles. The molecule has 0 spiro atoms. The minimum Gasteiger partial charge on any atom is -0.309 e. The Labute approximate surface area is 68.7 Å². The average molecular weight is 151 g/mol. The minimum atomic E-state index is 0.546. The monoisotopic (exact) mass is 151 g/mol.